The molecule has 0 atom stereocenters. The van der Waals surface area contributed by atoms with Crippen LogP contribution in [0.5, 0.6) is 0 Å². The van der Waals surface area contributed by atoms with Gasteiger partial charge in [0.15, 0.2) is 0 Å². The smallest absolute Gasteiger partial charge is 0.257 e. The molecular weight excluding hydrogens is 436 g/mol. The minimum atomic E-state index is -0.313. The Bertz CT molecular complexity index is 1370. The Hall–Kier alpha value is -3.64. The fraction of sp³-hybridized carbons (Fsp3) is 0.192. The molecule has 4 aromatic rings. The molecule has 0 saturated heterocycles. The topological polar surface area (TPSA) is 76.0 Å². The van der Waals surface area contributed by atoms with Crippen LogP contribution in [0.4, 0.5) is 5.69 Å². The van der Waals surface area contributed by atoms with E-state index < -0.39 is 0 Å². The number of amides is 2. The minimum absolute atomic E-state index is 0.0632. The number of nitrogens with one attached hydrogen (secondary N) is 2. The quantitative estimate of drug-likeness (QED) is 0.413. The molecule has 0 radical (unpaired) electrons. The molecule has 3 aromatic carbocycles. The van der Waals surface area contributed by atoms with E-state index in [-0.39, 0.29) is 17.7 Å². The second kappa shape index (κ2) is 8.71. The van der Waals surface area contributed by atoms with Crippen LogP contribution < -0.4 is 10.6 Å². The Labute approximate surface area is 196 Å². The first-order chi connectivity index (χ1) is 16.0. The van der Waals surface area contributed by atoms with Crippen molar-refractivity contribution < 1.29 is 9.59 Å². The van der Waals surface area contributed by atoms with Crippen LogP contribution in [0, 0.1) is 12.8 Å². The lowest BCUT2D eigenvalue weighted by atomic mass is 10.1. The Morgan fingerprint density at radius 1 is 1.09 bits per heavy atom. The van der Waals surface area contributed by atoms with Gasteiger partial charge in [-0.25, -0.2) is 4.68 Å². The molecule has 1 aromatic heterocycles. The Balaban J connectivity index is 1.40. The number of hydrogen-bond acceptors (Lipinski definition) is 3. The lowest BCUT2D eigenvalue weighted by molar-refractivity contribution is -0.122. The predicted molar refractivity (Wildman–Crippen MR) is 130 cm³/mol. The normalized spacial score (nSPS) is 13.2. The molecule has 166 valence electrons. The summed E-state index contributed by atoms with van der Waals surface area (Å²) in [5.41, 5.74) is 4.82. The van der Waals surface area contributed by atoms with Gasteiger partial charge < -0.3 is 10.6 Å². The van der Waals surface area contributed by atoms with E-state index in [0.717, 1.165) is 40.6 Å². The zero-order valence-electron chi connectivity index (χ0n) is 18.1. The first-order valence-electron chi connectivity index (χ1n) is 10.9. The Morgan fingerprint density at radius 2 is 1.91 bits per heavy atom. The van der Waals surface area contributed by atoms with Crippen LogP contribution in [0.25, 0.3) is 16.6 Å². The molecule has 7 heteroatoms. The summed E-state index contributed by atoms with van der Waals surface area (Å²) in [5.74, 6) is -0.110. The summed E-state index contributed by atoms with van der Waals surface area (Å²) in [6, 6.07) is 19.0. The molecule has 33 heavy (non-hydrogen) atoms. The van der Waals surface area contributed by atoms with Crippen molar-refractivity contribution in [2.75, 3.05) is 5.32 Å². The van der Waals surface area contributed by atoms with Crippen LogP contribution in [0.2, 0.25) is 5.02 Å². The number of rotatable bonds is 6. The van der Waals surface area contributed by atoms with Crippen LogP contribution in [0.1, 0.15) is 34.3 Å². The van der Waals surface area contributed by atoms with Crippen LogP contribution >= 0.6 is 11.6 Å². The van der Waals surface area contributed by atoms with Gasteiger partial charge in [0.2, 0.25) is 5.91 Å². The summed E-state index contributed by atoms with van der Waals surface area (Å²) in [6.45, 7) is 2.40. The Kier molecular flexibility index (Phi) is 5.60. The number of carbonyl (C=O) groups excluding carboxylic acids is 2. The second-order valence-corrected chi connectivity index (χ2v) is 8.75. The number of fused-ring (bicyclic) bond motifs is 1. The summed E-state index contributed by atoms with van der Waals surface area (Å²) < 4.78 is 1.87. The molecule has 1 aliphatic rings. The largest absolute Gasteiger partial charge is 0.352 e. The molecule has 2 amide bonds. The number of nitrogens with zero attached hydrogens (tertiary/aromatic N) is 2. The summed E-state index contributed by atoms with van der Waals surface area (Å²) in [7, 11) is 0. The molecule has 6 nitrogen and oxygen atoms in total. The molecular formula is C26H23ClN4O2. The molecule has 0 aliphatic heterocycles. The number of hydrogen-bond donors (Lipinski definition) is 2. The van der Waals surface area contributed by atoms with Gasteiger partial charge in [-0.2, -0.15) is 5.10 Å². The number of anilines is 1. The van der Waals surface area contributed by atoms with Crippen molar-refractivity contribution in [3.8, 4) is 5.69 Å². The van der Waals surface area contributed by atoms with E-state index in [1.807, 2.05) is 60.1 Å². The van der Waals surface area contributed by atoms with Gasteiger partial charge in [0.25, 0.3) is 5.91 Å². The lowest BCUT2D eigenvalue weighted by Crippen LogP contribution is -2.24. The average molecular weight is 459 g/mol. The first-order valence-corrected chi connectivity index (χ1v) is 11.3. The highest BCUT2D eigenvalue weighted by atomic mass is 35.5. The number of benzene rings is 3. The number of para-hydroxylation sites is 1. The van der Waals surface area contributed by atoms with Crippen molar-refractivity contribution in [1.82, 2.24) is 15.1 Å². The third-order valence-corrected chi connectivity index (χ3v) is 6.23. The summed E-state index contributed by atoms with van der Waals surface area (Å²) in [6.07, 6.45) is 3.65. The highest BCUT2D eigenvalue weighted by Gasteiger charge is 2.29. The van der Waals surface area contributed by atoms with E-state index in [0.29, 0.717) is 22.8 Å². The molecule has 0 bridgehead atoms. The zero-order valence-corrected chi connectivity index (χ0v) is 18.9. The van der Waals surface area contributed by atoms with Gasteiger partial charge in [0.1, 0.15) is 0 Å². The van der Waals surface area contributed by atoms with E-state index in [4.69, 9.17) is 11.6 Å². The van der Waals surface area contributed by atoms with Gasteiger partial charge in [-0.15, -0.1) is 0 Å². The number of aryl methyl sites for hydroxylation is 1. The van der Waals surface area contributed by atoms with Crippen molar-refractivity contribution in [2.45, 2.75) is 26.3 Å². The van der Waals surface area contributed by atoms with Crippen LogP contribution in [0.3, 0.4) is 0 Å². The molecule has 1 aliphatic carbocycles. The van der Waals surface area contributed by atoms with E-state index in [1.165, 1.54) is 0 Å². The van der Waals surface area contributed by atoms with E-state index in [1.54, 1.807) is 18.3 Å². The van der Waals surface area contributed by atoms with Gasteiger partial charge in [-0.05, 0) is 61.2 Å². The van der Waals surface area contributed by atoms with Crippen LogP contribution in [-0.2, 0) is 11.3 Å². The third kappa shape index (κ3) is 4.34. The maximum absolute atomic E-state index is 13.1. The number of halogens is 1. The molecule has 0 unspecified atom stereocenters. The van der Waals surface area contributed by atoms with E-state index in [2.05, 4.69) is 15.7 Å². The van der Waals surface area contributed by atoms with Gasteiger partial charge in [0.05, 0.1) is 33.7 Å². The van der Waals surface area contributed by atoms with Gasteiger partial charge >= 0.3 is 0 Å². The summed E-state index contributed by atoms with van der Waals surface area (Å²) in [4.78, 5) is 25.0. The monoisotopic (exact) mass is 458 g/mol. The first kappa shape index (κ1) is 21.2. The predicted octanol–water partition coefficient (Wildman–Crippen LogP) is 5.27. The van der Waals surface area contributed by atoms with Crippen LogP contribution in [0.15, 0.2) is 66.9 Å². The standard InChI is InChI=1S/C26H23ClN4O2/c1-16-5-2-3-7-23(16)31-24-8-4-6-22(20(24)15-29-31)30-26(33)19-13-17(9-12-21(19)27)14-28-25(32)18-10-11-18/h2-9,12-13,15,18H,10-11,14H2,1H3,(H,28,32)(H,30,33). The van der Waals surface area contributed by atoms with Gasteiger partial charge in [-0.3, -0.25) is 9.59 Å². The summed E-state index contributed by atoms with van der Waals surface area (Å²) >= 11 is 6.34. The highest BCUT2D eigenvalue weighted by Crippen LogP contribution is 2.29. The van der Waals surface area contributed by atoms with E-state index in [9.17, 15) is 9.59 Å². The van der Waals surface area contributed by atoms with Crippen molar-refractivity contribution in [3.05, 3.63) is 88.6 Å². The SMILES string of the molecule is Cc1ccccc1-n1ncc2c(NC(=O)c3cc(CNC(=O)C4CC4)ccc3Cl)cccc21. The summed E-state index contributed by atoms with van der Waals surface area (Å²) in [5, 5.41) is 11.6. The molecule has 1 saturated carbocycles. The third-order valence-electron chi connectivity index (χ3n) is 5.90. The maximum atomic E-state index is 13.1. The van der Waals surface area contributed by atoms with E-state index >= 15 is 0 Å². The fourth-order valence-corrected chi connectivity index (χ4v) is 4.08. The van der Waals surface area contributed by atoms with Crippen molar-refractivity contribution in [1.29, 1.82) is 0 Å². The molecule has 0 spiro atoms. The highest BCUT2D eigenvalue weighted by molar-refractivity contribution is 6.34. The second-order valence-electron chi connectivity index (χ2n) is 8.34. The fourth-order valence-electron chi connectivity index (χ4n) is 3.88. The molecule has 5 rings (SSSR count). The van der Waals surface area contributed by atoms with Gasteiger partial charge in [0, 0.05) is 17.8 Å². The lowest BCUT2D eigenvalue weighted by Gasteiger charge is -2.11. The Morgan fingerprint density at radius 3 is 2.70 bits per heavy atom. The number of carbonyl (C=O) groups is 2. The minimum Gasteiger partial charge on any atom is -0.352 e. The number of aromatic nitrogens is 2. The molecule has 2 N–H and O–H groups in total. The van der Waals surface area contributed by atoms with Crippen molar-refractivity contribution in [2.24, 2.45) is 5.92 Å². The van der Waals surface area contributed by atoms with Crippen LogP contribution in [-0.4, -0.2) is 21.6 Å². The average Bonchev–Trinajstić information content (AvgIpc) is 3.58. The molecule has 1 fully saturated rings. The maximum Gasteiger partial charge on any atom is 0.257 e. The van der Waals surface area contributed by atoms with Gasteiger partial charge in [-0.1, -0.05) is 41.9 Å². The molecule has 1 heterocycles. The zero-order chi connectivity index (χ0) is 22.9. The van der Waals surface area contributed by atoms with Crippen molar-refractivity contribution >= 4 is 40.0 Å². The van der Waals surface area contributed by atoms with Crippen molar-refractivity contribution in [3.63, 3.8) is 0 Å².